The van der Waals surface area contributed by atoms with Gasteiger partial charge >= 0.3 is 6.18 Å². The number of aryl methyl sites for hydroxylation is 1. The first-order valence-electron chi connectivity index (χ1n) is 12.8. The number of nitrogens with one attached hydrogen (secondary N) is 1. The van der Waals surface area contributed by atoms with E-state index in [1.807, 2.05) is 73.6 Å². The molecule has 1 heterocycles. The second-order valence-electron chi connectivity index (χ2n) is 6.47. The highest BCUT2D eigenvalue weighted by Crippen LogP contribution is 2.35. The molecule has 0 radical (unpaired) electrons. The molecule has 1 aliphatic heterocycles. The molecule has 0 aromatic heterocycles. The van der Waals surface area contributed by atoms with Gasteiger partial charge < -0.3 is 10.4 Å². The summed E-state index contributed by atoms with van der Waals surface area (Å²) in [6.07, 6.45) is -2.64. The number of benzene rings is 2. The van der Waals surface area contributed by atoms with E-state index in [2.05, 4.69) is 5.32 Å². The van der Waals surface area contributed by atoms with E-state index in [1.54, 1.807) is 6.07 Å². The second-order valence-corrected chi connectivity index (χ2v) is 6.47. The first kappa shape index (κ1) is 34.8. The van der Waals surface area contributed by atoms with E-state index in [0.717, 1.165) is 17.7 Å². The quantitative estimate of drug-likeness (QED) is 0.414. The summed E-state index contributed by atoms with van der Waals surface area (Å²) in [7, 11) is 0. The zero-order valence-corrected chi connectivity index (χ0v) is 22.7. The number of hydrogen-bond acceptors (Lipinski definition) is 3. The van der Waals surface area contributed by atoms with Crippen LogP contribution in [0.2, 0.25) is 0 Å². The predicted molar refractivity (Wildman–Crippen MR) is 142 cm³/mol. The molecular weight excluding hydrogens is 453 g/mol. The van der Waals surface area contributed by atoms with E-state index >= 15 is 0 Å². The van der Waals surface area contributed by atoms with E-state index in [1.165, 1.54) is 17.0 Å². The number of aliphatic hydroxyl groups excluding tert-OH is 1. The summed E-state index contributed by atoms with van der Waals surface area (Å²) in [5, 5.41) is 12.1. The smallest absolute Gasteiger partial charge is 0.396 e. The molecule has 7 heteroatoms. The number of fused-ring (bicyclic) bond motifs is 1. The summed E-state index contributed by atoms with van der Waals surface area (Å²) in [5.41, 5.74) is 1.31. The van der Waals surface area contributed by atoms with Crippen LogP contribution < -0.4 is 10.2 Å². The van der Waals surface area contributed by atoms with Gasteiger partial charge in [0.1, 0.15) is 0 Å². The average molecular weight is 499 g/mol. The first-order valence-corrected chi connectivity index (χ1v) is 12.8. The summed E-state index contributed by atoms with van der Waals surface area (Å²) in [6.45, 7) is 16.5. The molecule has 35 heavy (non-hydrogen) atoms. The number of aliphatic hydroxyl groups is 1. The molecule has 2 aromatic rings. The summed E-state index contributed by atoms with van der Waals surface area (Å²) < 4.78 is 38.6. The summed E-state index contributed by atoms with van der Waals surface area (Å²) in [5.74, 6) is -0.211. The van der Waals surface area contributed by atoms with E-state index in [4.69, 9.17) is 5.11 Å². The van der Waals surface area contributed by atoms with E-state index in [-0.39, 0.29) is 12.5 Å². The van der Waals surface area contributed by atoms with Gasteiger partial charge in [-0.05, 0) is 61.7 Å². The van der Waals surface area contributed by atoms with Gasteiger partial charge in [-0.1, -0.05) is 73.6 Å². The fourth-order valence-corrected chi connectivity index (χ4v) is 3.25. The van der Waals surface area contributed by atoms with E-state index in [9.17, 15) is 18.0 Å². The van der Waals surface area contributed by atoms with Crippen molar-refractivity contribution in [3.63, 3.8) is 0 Å². The molecule has 0 saturated carbocycles. The molecule has 200 valence electrons. The maximum Gasteiger partial charge on any atom is 0.416 e. The molecular formula is C28H45F3N2O2. The monoisotopic (exact) mass is 498 g/mol. The van der Waals surface area contributed by atoms with Crippen molar-refractivity contribution in [3.8, 4) is 0 Å². The van der Waals surface area contributed by atoms with Crippen LogP contribution in [0, 0.1) is 0 Å². The van der Waals surface area contributed by atoms with Crippen LogP contribution in [-0.4, -0.2) is 30.2 Å². The van der Waals surface area contributed by atoms with Gasteiger partial charge in [-0.3, -0.25) is 9.69 Å². The Kier molecular flexibility index (Phi) is 19.8. The van der Waals surface area contributed by atoms with Gasteiger partial charge in [0, 0.05) is 12.3 Å². The van der Waals surface area contributed by atoms with Crippen molar-refractivity contribution in [1.82, 2.24) is 5.32 Å². The van der Waals surface area contributed by atoms with E-state index in [0.29, 0.717) is 37.2 Å². The predicted octanol–water partition coefficient (Wildman–Crippen LogP) is 7.76. The van der Waals surface area contributed by atoms with Gasteiger partial charge in [-0.2, -0.15) is 13.2 Å². The summed E-state index contributed by atoms with van der Waals surface area (Å²) in [4.78, 5) is 14.6. The third-order valence-corrected chi connectivity index (χ3v) is 4.63. The zero-order chi connectivity index (χ0) is 27.4. The first-order chi connectivity index (χ1) is 16.9. The molecule has 1 amide bonds. The number of nitrogens with zero attached hydrogens (tertiary/aromatic N) is 1. The lowest BCUT2D eigenvalue weighted by Gasteiger charge is -2.26. The Balaban J connectivity index is 0. The SMILES string of the molecule is CC.CC.CC.CC.O=C1C(NCCCO)CCc2ccccc2N1c1ccc(C(F)(F)F)cc1. The lowest BCUT2D eigenvalue weighted by molar-refractivity contribution is -0.137. The van der Waals surface area contributed by atoms with Crippen molar-refractivity contribution in [2.24, 2.45) is 0 Å². The maximum atomic E-state index is 13.2. The Morgan fingerprint density at radius 2 is 1.46 bits per heavy atom. The Hall–Kier alpha value is -2.38. The number of para-hydroxylation sites is 1. The van der Waals surface area contributed by atoms with Crippen molar-refractivity contribution in [2.75, 3.05) is 18.1 Å². The van der Waals surface area contributed by atoms with Crippen LogP contribution in [0.25, 0.3) is 0 Å². The average Bonchev–Trinajstić information content (AvgIpc) is 3.05. The Morgan fingerprint density at radius 3 is 1.97 bits per heavy atom. The lowest BCUT2D eigenvalue weighted by Crippen LogP contribution is -2.44. The molecule has 1 unspecified atom stereocenters. The number of carbonyl (C=O) groups excluding carboxylic acids is 1. The maximum absolute atomic E-state index is 13.2. The number of hydrogen-bond donors (Lipinski definition) is 2. The number of carbonyl (C=O) groups is 1. The number of amides is 1. The fourth-order valence-electron chi connectivity index (χ4n) is 3.25. The standard InChI is InChI=1S/C20H21F3N2O2.4C2H6/c21-20(22,23)15-7-9-16(10-8-15)25-18-5-2-1-4-14(18)6-11-17(19(25)27)24-12-3-13-26;4*1-2/h1-2,4-5,7-10,17,24,26H,3,6,11-13H2;4*1-2H3. The Morgan fingerprint density at radius 1 is 0.914 bits per heavy atom. The van der Waals surface area contributed by atoms with Gasteiger partial charge in [-0.15, -0.1) is 0 Å². The molecule has 1 atom stereocenters. The number of halogens is 3. The molecule has 4 nitrogen and oxygen atoms in total. The molecule has 0 bridgehead atoms. The van der Waals surface area contributed by atoms with Gasteiger partial charge in [0.05, 0.1) is 17.3 Å². The molecule has 0 fully saturated rings. The highest BCUT2D eigenvalue weighted by molar-refractivity contribution is 6.04. The largest absolute Gasteiger partial charge is 0.416 e. The molecule has 2 aromatic carbocycles. The van der Waals surface area contributed by atoms with Crippen molar-refractivity contribution in [1.29, 1.82) is 0 Å². The topological polar surface area (TPSA) is 52.6 Å². The minimum atomic E-state index is -4.42. The van der Waals surface area contributed by atoms with Crippen LogP contribution in [0.1, 0.15) is 79.4 Å². The van der Waals surface area contributed by atoms with Crippen LogP contribution in [0.5, 0.6) is 0 Å². The van der Waals surface area contributed by atoms with Crippen LogP contribution >= 0.6 is 0 Å². The third kappa shape index (κ3) is 10.8. The second kappa shape index (κ2) is 19.9. The van der Waals surface area contributed by atoms with Crippen LogP contribution in [0.4, 0.5) is 24.5 Å². The van der Waals surface area contributed by atoms with E-state index < -0.39 is 17.8 Å². The van der Waals surface area contributed by atoms with Gasteiger partial charge in [0.25, 0.3) is 0 Å². The van der Waals surface area contributed by atoms with Gasteiger partial charge in [0.2, 0.25) is 5.91 Å². The van der Waals surface area contributed by atoms with Crippen LogP contribution in [0.3, 0.4) is 0 Å². The normalized spacial score (nSPS) is 14.2. The molecule has 0 saturated heterocycles. The highest BCUT2D eigenvalue weighted by Gasteiger charge is 2.33. The highest BCUT2D eigenvalue weighted by atomic mass is 19.4. The van der Waals surface area contributed by atoms with Gasteiger partial charge in [-0.25, -0.2) is 0 Å². The number of anilines is 2. The molecule has 0 aliphatic carbocycles. The van der Waals surface area contributed by atoms with Crippen LogP contribution in [0.15, 0.2) is 48.5 Å². The van der Waals surface area contributed by atoms with Crippen molar-refractivity contribution in [3.05, 3.63) is 59.7 Å². The van der Waals surface area contributed by atoms with Crippen molar-refractivity contribution in [2.45, 2.75) is 86.9 Å². The summed E-state index contributed by atoms with van der Waals surface area (Å²) in [6, 6.07) is 11.6. The van der Waals surface area contributed by atoms with Crippen molar-refractivity contribution >= 4 is 17.3 Å². The molecule has 3 rings (SSSR count). The summed E-state index contributed by atoms with van der Waals surface area (Å²) >= 11 is 0. The van der Waals surface area contributed by atoms with Gasteiger partial charge in [0.15, 0.2) is 0 Å². The Bertz CT molecular complexity index is 794. The lowest BCUT2D eigenvalue weighted by atomic mass is 10.1. The zero-order valence-electron chi connectivity index (χ0n) is 22.7. The Labute approximate surface area is 210 Å². The molecule has 0 spiro atoms. The minimum Gasteiger partial charge on any atom is -0.396 e. The number of rotatable bonds is 5. The van der Waals surface area contributed by atoms with Crippen molar-refractivity contribution < 1.29 is 23.1 Å². The molecule has 1 aliphatic rings. The fraction of sp³-hybridized carbons (Fsp3) is 0.536. The molecule has 2 N–H and O–H groups in total. The number of alkyl halides is 3. The third-order valence-electron chi connectivity index (χ3n) is 4.63. The minimum absolute atomic E-state index is 0.0246. The van der Waals surface area contributed by atoms with Crippen LogP contribution in [-0.2, 0) is 17.4 Å².